The molecule has 246 valence electrons. The number of benzene rings is 3. The molecule has 0 saturated heterocycles. The van der Waals surface area contributed by atoms with E-state index < -0.39 is 6.04 Å². The van der Waals surface area contributed by atoms with Crippen molar-refractivity contribution in [2.75, 3.05) is 38.7 Å². The fourth-order valence-corrected chi connectivity index (χ4v) is 5.53. The molecule has 1 aliphatic rings. The van der Waals surface area contributed by atoms with Gasteiger partial charge in [-0.3, -0.25) is 14.4 Å². The highest BCUT2D eigenvalue weighted by Gasteiger charge is 2.31. The number of nitrogens with one attached hydrogen (secondary N) is 1. The number of fused-ring (bicyclic) bond motifs is 1. The van der Waals surface area contributed by atoms with E-state index in [0.717, 1.165) is 24.8 Å². The van der Waals surface area contributed by atoms with Crippen molar-refractivity contribution in [3.63, 3.8) is 0 Å². The molecule has 3 aromatic rings. The van der Waals surface area contributed by atoms with E-state index in [1.54, 1.807) is 66.2 Å². The van der Waals surface area contributed by atoms with Gasteiger partial charge in [0, 0.05) is 43.9 Å². The van der Waals surface area contributed by atoms with Crippen LogP contribution in [0.25, 0.3) is 0 Å². The summed E-state index contributed by atoms with van der Waals surface area (Å²) in [6.45, 7) is 6.70. The van der Waals surface area contributed by atoms with Crippen molar-refractivity contribution in [3.8, 4) is 5.75 Å². The Kier molecular flexibility index (Phi) is 12.7. The summed E-state index contributed by atoms with van der Waals surface area (Å²) in [5, 5.41) is 13.1. The average Bonchev–Trinajstić information content (AvgIpc) is 3.06. The van der Waals surface area contributed by atoms with Crippen LogP contribution in [0.2, 0.25) is 0 Å². The van der Waals surface area contributed by atoms with Crippen LogP contribution in [-0.4, -0.2) is 84.2 Å². The average molecular weight is 630 g/mol. The first-order valence-electron chi connectivity index (χ1n) is 16.1. The van der Waals surface area contributed by atoms with Gasteiger partial charge in [0.1, 0.15) is 5.75 Å². The Bertz CT molecular complexity index is 1430. The van der Waals surface area contributed by atoms with Gasteiger partial charge in [-0.05, 0) is 69.0 Å². The molecular weight excluding hydrogens is 582 g/mol. The predicted molar refractivity (Wildman–Crippen MR) is 179 cm³/mol. The molecular formula is C37H47N3O6. The summed E-state index contributed by atoms with van der Waals surface area (Å²) in [6.07, 6.45) is 2.25. The zero-order chi connectivity index (χ0) is 33.1. The van der Waals surface area contributed by atoms with Gasteiger partial charge in [-0.15, -0.1) is 0 Å². The van der Waals surface area contributed by atoms with Gasteiger partial charge in [0.15, 0.2) is 0 Å². The number of amides is 3. The van der Waals surface area contributed by atoms with E-state index in [2.05, 4.69) is 5.32 Å². The maximum atomic E-state index is 14.3. The number of aliphatic hydroxyl groups is 1. The minimum atomic E-state index is -0.506. The predicted octanol–water partition coefficient (Wildman–Crippen LogP) is 5.44. The van der Waals surface area contributed by atoms with Crippen molar-refractivity contribution in [1.82, 2.24) is 9.80 Å². The third-order valence-corrected chi connectivity index (χ3v) is 8.42. The SMILES string of the molecule is C[C@@H]1CN([C@H](C)CO)C(=O)c2cc(NC(=O)c3ccccc3)ccc2O[C@@H](C)CCCCO[C@H]1CN(C)C(=O)Cc1ccccc1. The Morgan fingerprint density at radius 1 is 1.02 bits per heavy atom. The minimum absolute atomic E-state index is 0.0111. The van der Waals surface area contributed by atoms with Gasteiger partial charge in [0.05, 0.1) is 36.8 Å². The molecule has 2 N–H and O–H groups in total. The van der Waals surface area contributed by atoms with Crippen LogP contribution >= 0.6 is 0 Å². The molecule has 1 heterocycles. The number of hydrogen-bond acceptors (Lipinski definition) is 6. The lowest BCUT2D eigenvalue weighted by atomic mass is 10.0. The summed E-state index contributed by atoms with van der Waals surface area (Å²) in [5.74, 6) is -0.367. The van der Waals surface area contributed by atoms with E-state index in [0.29, 0.717) is 42.1 Å². The Balaban J connectivity index is 1.60. The molecule has 0 aliphatic carbocycles. The van der Waals surface area contributed by atoms with Crippen LogP contribution in [0.1, 0.15) is 66.3 Å². The number of likely N-dealkylation sites (N-methyl/N-ethyl adjacent to an activating group) is 1. The fraction of sp³-hybridized carbons (Fsp3) is 0.432. The lowest BCUT2D eigenvalue weighted by Crippen LogP contribution is -2.48. The summed E-state index contributed by atoms with van der Waals surface area (Å²) in [6, 6.07) is 23.1. The lowest BCUT2D eigenvalue weighted by Gasteiger charge is -2.36. The maximum absolute atomic E-state index is 14.3. The number of ether oxygens (including phenoxy) is 2. The maximum Gasteiger partial charge on any atom is 0.258 e. The van der Waals surface area contributed by atoms with Crippen molar-refractivity contribution in [2.45, 2.75) is 64.7 Å². The molecule has 9 heteroatoms. The third kappa shape index (κ3) is 9.64. The van der Waals surface area contributed by atoms with Crippen LogP contribution in [0.3, 0.4) is 0 Å². The van der Waals surface area contributed by atoms with E-state index in [1.165, 1.54) is 0 Å². The number of aliphatic hydroxyl groups excluding tert-OH is 1. The number of anilines is 1. The summed E-state index contributed by atoms with van der Waals surface area (Å²) in [7, 11) is 1.78. The van der Waals surface area contributed by atoms with Crippen LogP contribution in [0.4, 0.5) is 5.69 Å². The largest absolute Gasteiger partial charge is 0.490 e. The van der Waals surface area contributed by atoms with Crippen molar-refractivity contribution in [3.05, 3.63) is 95.6 Å². The van der Waals surface area contributed by atoms with Crippen LogP contribution in [-0.2, 0) is 16.0 Å². The summed E-state index contributed by atoms with van der Waals surface area (Å²) in [4.78, 5) is 43.7. The van der Waals surface area contributed by atoms with Gasteiger partial charge < -0.3 is 29.7 Å². The first-order valence-corrected chi connectivity index (χ1v) is 16.1. The standard InChI is InChI=1S/C37H47N3O6/c1-26-23-40(27(2)25-41)37(44)32-22-31(38-36(43)30-16-9-6-10-17-30)18-19-33(32)46-28(3)13-11-12-20-45-34(26)24-39(4)35(42)21-29-14-7-5-8-15-29/h5-10,14-19,22,26-28,34,41H,11-13,20-21,23-25H2,1-4H3,(H,38,43)/t26-,27-,28+,34+/m1/s1. The molecule has 3 amide bonds. The van der Waals surface area contributed by atoms with Crippen molar-refractivity contribution in [2.24, 2.45) is 5.92 Å². The van der Waals surface area contributed by atoms with Crippen molar-refractivity contribution >= 4 is 23.4 Å². The van der Waals surface area contributed by atoms with E-state index in [4.69, 9.17) is 9.47 Å². The van der Waals surface area contributed by atoms with Crippen LogP contribution in [0.5, 0.6) is 5.75 Å². The number of rotatable bonds is 8. The smallest absolute Gasteiger partial charge is 0.258 e. The Labute approximate surface area is 272 Å². The molecule has 4 rings (SSSR count). The number of carbonyl (C=O) groups is 3. The molecule has 0 radical (unpaired) electrons. The highest BCUT2D eigenvalue weighted by molar-refractivity contribution is 6.05. The van der Waals surface area contributed by atoms with Gasteiger partial charge in [0.2, 0.25) is 5.91 Å². The zero-order valence-electron chi connectivity index (χ0n) is 27.4. The molecule has 1 aliphatic heterocycles. The van der Waals surface area contributed by atoms with Gasteiger partial charge in [-0.25, -0.2) is 0 Å². The molecule has 9 nitrogen and oxygen atoms in total. The molecule has 3 aromatic carbocycles. The highest BCUT2D eigenvalue weighted by Crippen LogP contribution is 2.29. The molecule has 0 fully saturated rings. The molecule has 0 bridgehead atoms. The Morgan fingerprint density at radius 3 is 2.41 bits per heavy atom. The second kappa shape index (κ2) is 16.9. The fourth-order valence-electron chi connectivity index (χ4n) is 5.53. The quantitative estimate of drug-likeness (QED) is 0.344. The topological polar surface area (TPSA) is 108 Å². The van der Waals surface area contributed by atoms with Crippen molar-refractivity contribution in [1.29, 1.82) is 0 Å². The van der Waals surface area contributed by atoms with Crippen LogP contribution < -0.4 is 10.1 Å². The summed E-state index contributed by atoms with van der Waals surface area (Å²) < 4.78 is 12.7. The molecule has 0 saturated carbocycles. The highest BCUT2D eigenvalue weighted by atomic mass is 16.5. The second-order valence-corrected chi connectivity index (χ2v) is 12.3. The molecule has 46 heavy (non-hydrogen) atoms. The van der Waals surface area contributed by atoms with Crippen LogP contribution in [0.15, 0.2) is 78.9 Å². The van der Waals surface area contributed by atoms with E-state index >= 15 is 0 Å². The lowest BCUT2D eigenvalue weighted by molar-refractivity contribution is -0.131. The van der Waals surface area contributed by atoms with E-state index in [-0.39, 0.29) is 49.0 Å². The summed E-state index contributed by atoms with van der Waals surface area (Å²) in [5.41, 5.74) is 2.21. The van der Waals surface area contributed by atoms with Gasteiger partial charge in [0.25, 0.3) is 11.8 Å². The monoisotopic (exact) mass is 629 g/mol. The Morgan fingerprint density at radius 2 is 1.72 bits per heavy atom. The zero-order valence-corrected chi connectivity index (χ0v) is 27.4. The summed E-state index contributed by atoms with van der Waals surface area (Å²) >= 11 is 0. The first kappa shape index (κ1) is 34.7. The molecule has 0 spiro atoms. The second-order valence-electron chi connectivity index (χ2n) is 12.3. The molecule has 0 unspecified atom stereocenters. The minimum Gasteiger partial charge on any atom is -0.490 e. The number of carbonyl (C=O) groups excluding carboxylic acids is 3. The van der Waals surface area contributed by atoms with Crippen molar-refractivity contribution < 1.29 is 29.0 Å². The Hall–Kier alpha value is -4.21. The van der Waals surface area contributed by atoms with Gasteiger partial charge in [-0.1, -0.05) is 55.5 Å². The molecule has 4 atom stereocenters. The van der Waals surface area contributed by atoms with Gasteiger partial charge >= 0.3 is 0 Å². The third-order valence-electron chi connectivity index (χ3n) is 8.42. The van der Waals surface area contributed by atoms with E-state index in [1.807, 2.05) is 50.2 Å². The van der Waals surface area contributed by atoms with E-state index in [9.17, 15) is 19.5 Å². The van der Waals surface area contributed by atoms with Gasteiger partial charge in [-0.2, -0.15) is 0 Å². The normalized spacial score (nSPS) is 20.1. The van der Waals surface area contributed by atoms with Crippen LogP contribution in [0, 0.1) is 5.92 Å². The molecule has 0 aromatic heterocycles. The first-order chi connectivity index (χ1) is 22.2. The number of nitrogens with zero attached hydrogens (tertiary/aromatic N) is 2. The number of hydrogen-bond donors (Lipinski definition) is 2.